The summed E-state index contributed by atoms with van der Waals surface area (Å²) in [6, 6.07) is 4.25. The predicted octanol–water partition coefficient (Wildman–Crippen LogP) is 3.22. The Hall–Kier alpha value is -2.64. The molecule has 0 atom stereocenters. The van der Waals surface area contributed by atoms with Crippen molar-refractivity contribution in [2.45, 2.75) is 24.9 Å². The number of piperidine rings is 1. The van der Waals surface area contributed by atoms with Crippen LogP contribution >= 0.6 is 0 Å². The van der Waals surface area contributed by atoms with Crippen molar-refractivity contribution in [3.05, 3.63) is 53.6 Å². The molecular formula is C17H16F3N3O2. The Balaban J connectivity index is 1.69. The Morgan fingerprint density at radius 2 is 1.92 bits per heavy atom. The van der Waals surface area contributed by atoms with Crippen LogP contribution in [0.1, 0.15) is 40.4 Å². The van der Waals surface area contributed by atoms with E-state index in [0.717, 1.165) is 17.8 Å². The number of phenolic OH excluding ortho intramolecular Hbond substituents is 1. The first kappa shape index (κ1) is 17.2. The lowest BCUT2D eigenvalue weighted by atomic mass is 9.93. The standard InChI is InChI=1S/C17H16F3N3O2/c18-17(19,20)12-1-2-13(15(24)9-12)16(25)23-7-4-11(5-8-23)14-3-6-21-10-22-14/h1-3,6,9-11,24H,4-5,7-8H2. The Morgan fingerprint density at radius 1 is 1.20 bits per heavy atom. The van der Waals surface area contributed by atoms with Crippen LogP contribution in [-0.2, 0) is 6.18 Å². The monoisotopic (exact) mass is 351 g/mol. The smallest absolute Gasteiger partial charge is 0.416 e. The molecule has 1 aromatic heterocycles. The summed E-state index contributed by atoms with van der Waals surface area (Å²) >= 11 is 0. The number of alkyl halides is 3. The van der Waals surface area contributed by atoms with Crippen molar-refractivity contribution in [1.82, 2.24) is 14.9 Å². The molecule has 1 aliphatic heterocycles. The first-order valence-electron chi connectivity index (χ1n) is 7.81. The van der Waals surface area contributed by atoms with E-state index in [2.05, 4.69) is 9.97 Å². The molecule has 1 aliphatic rings. The highest BCUT2D eigenvalue weighted by Crippen LogP contribution is 2.34. The van der Waals surface area contributed by atoms with Crippen LogP contribution in [0, 0.1) is 0 Å². The SMILES string of the molecule is O=C(c1ccc(C(F)(F)F)cc1O)N1CCC(c2ccncn2)CC1. The van der Waals surface area contributed by atoms with Crippen molar-refractivity contribution in [1.29, 1.82) is 0 Å². The van der Waals surface area contributed by atoms with Crippen LogP contribution < -0.4 is 0 Å². The van der Waals surface area contributed by atoms with Crippen LogP contribution in [0.3, 0.4) is 0 Å². The number of aromatic hydroxyl groups is 1. The van der Waals surface area contributed by atoms with Crippen LogP contribution in [0.5, 0.6) is 5.75 Å². The fourth-order valence-electron chi connectivity index (χ4n) is 2.98. The highest BCUT2D eigenvalue weighted by atomic mass is 19.4. The molecule has 0 unspecified atom stereocenters. The lowest BCUT2D eigenvalue weighted by molar-refractivity contribution is -0.137. The van der Waals surface area contributed by atoms with Crippen LogP contribution in [0.2, 0.25) is 0 Å². The van der Waals surface area contributed by atoms with E-state index in [1.165, 1.54) is 6.33 Å². The molecule has 8 heteroatoms. The zero-order chi connectivity index (χ0) is 18.0. The molecule has 0 spiro atoms. The number of aromatic nitrogens is 2. The minimum atomic E-state index is -4.56. The molecule has 5 nitrogen and oxygen atoms in total. The maximum atomic E-state index is 12.6. The Morgan fingerprint density at radius 3 is 2.48 bits per heavy atom. The number of halogens is 3. The van der Waals surface area contributed by atoms with Crippen LogP contribution in [0.25, 0.3) is 0 Å². The number of hydrogen-bond donors (Lipinski definition) is 1. The summed E-state index contributed by atoms with van der Waals surface area (Å²) in [4.78, 5) is 22.1. The minimum absolute atomic E-state index is 0.117. The van der Waals surface area contributed by atoms with Gasteiger partial charge in [-0.2, -0.15) is 13.2 Å². The summed E-state index contributed by atoms with van der Waals surface area (Å²) in [6.45, 7) is 0.905. The minimum Gasteiger partial charge on any atom is -0.507 e. The molecule has 3 rings (SSSR count). The average molecular weight is 351 g/mol. The summed E-state index contributed by atoms with van der Waals surface area (Å²) in [5, 5.41) is 9.82. The molecule has 1 N–H and O–H groups in total. The van der Waals surface area contributed by atoms with Gasteiger partial charge in [0.1, 0.15) is 12.1 Å². The largest absolute Gasteiger partial charge is 0.507 e. The van der Waals surface area contributed by atoms with Crippen molar-refractivity contribution in [2.75, 3.05) is 13.1 Å². The summed E-state index contributed by atoms with van der Waals surface area (Å²) < 4.78 is 37.9. The van der Waals surface area contributed by atoms with Crippen molar-refractivity contribution in [3.63, 3.8) is 0 Å². The quantitative estimate of drug-likeness (QED) is 0.902. The zero-order valence-electron chi connectivity index (χ0n) is 13.2. The number of phenols is 1. The van der Waals surface area contributed by atoms with Gasteiger partial charge in [0.05, 0.1) is 11.1 Å². The van der Waals surface area contributed by atoms with E-state index in [1.54, 1.807) is 11.1 Å². The summed E-state index contributed by atoms with van der Waals surface area (Å²) in [5.41, 5.74) is -0.183. The normalized spacial score (nSPS) is 16.0. The van der Waals surface area contributed by atoms with Crippen molar-refractivity contribution < 1.29 is 23.1 Å². The molecule has 2 aromatic rings. The fraction of sp³-hybridized carbons (Fsp3) is 0.353. The van der Waals surface area contributed by atoms with Crippen LogP contribution in [0.4, 0.5) is 13.2 Å². The van der Waals surface area contributed by atoms with Gasteiger partial charge in [-0.1, -0.05) is 0 Å². The Bertz CT molecular complexity index is 757. The number of nitrogens with zero attached hydrogens (tertiary/aromatic N) is 3. The molecule has 0 saturated carbocycles. The van der Waals surface area contributed by atoms with Gasteiger partial charge in [-0.05, 0) is 37.1 Å². The molecule has 1 amide bonds. The third-order valence-corrected chi connectivity index (χ3v) is 4.36. The van der Waals surface area contributed by atoms with E-state index >= 15 is 0 Å². The van der Waals surface area contributed by atoms with Gasteiger partial charge in [0.25, 0.3) is 5.91 Å². The molecule has 1 aromatic carbocycles. The molecular weight excluding hydrogens is 335 g/mol. The van der Waals surface area contributed by atoms with Crippen molar-refractivity contribution in [3.8, 4) is 5.75 Å². The van der Waals surface area contributed by atoms with Gasteiger partial charge in [-0.15, -0.1) is 0 Å². The maximum absolute atomic E-state index is 12.6. The third-order valence-electron chi connectivity index (χ3n) is 4.36. The third kappa shape index (κ3) is 3.72. The van der Waals surface area contributed by atoms with Crippen molar-refractivity contribution in [2.24, 2.45) is 0 Å². The van der Waals surface area contributed by atoms with E-state index in [-0.39, 0.29) is 11.5 Å². The number of likely N-dealkylation sites (tertiary alicyclic amines) is 1. The second kappa shape index (κ2) is 6.70. The topological polar surface area (TPSA) is 66.3 Å². The van der Waals surface area contributed by atoms with Gasteiger partial charge in [0, 0.05) is 30.9 Å². The summed E-state index contributed by atoms with van der Waals surface area (Å²) in [5.74, 6) is -0.904. The second-order valence-electron chi connectivity index (χ2n) is 5.93. The van der Waals surface area contributed by atoms with E-state index in [0.29, 0.717) is 32.0 Å². The second-order valence-corrected chi connectivity index (χ2v) is 5.93. The predicted molar refractivity (Wildman–Crippen MR) is 83.0 cm³/mol. The van der Waals surface area contributed by atoms with E-state index in [4.69, 9.17) is 0 Å². The highest BCUT2D eigenvalue weighted by molar-refractivity contribution is 5.97. The van der Waals surface area contributed by atoms with Gasteiger partial charge in [-0.3, -0.25) is 4.79 Å². The number of hydrogen-bond acceptors (Lipinski definition) is 4. The summed E-state index contributed by atoms with van der Waals surface area (Å²) in [6.07, 6.45) is -0.0174. The van der Waals surface area contributed by atoms with E-state index in [1.807, 2.05) is 6.07 Å². The number of carbonyl (C=O) groups is 1. The van der Waals surface area contributed by atoms with Gasteiger partial charge in [0.2, 0.25) is 0 Å². The first-order valence-corrected chi connectivity index (χ1v) is 7.81. The van der Waals surface area contributed by atoms with Crippen molar-refractivity contribution >= 4 is 5.91 Å². The Kier molecular flexibility index (Phi) is 4.61. The summed E-state index contributed by atoms with van der Waals surface area (Å²) in [7, 11) is 0. The molecule has 0 radical (unpaired) electrons. The molecule has 0 bridgehead atoms. The number of rotatable bonds is 2. The van der Waals surface area contributed by atoms with Gasteiger partial charge >= 0.3 is 6.18 Å². The van der Waals surface area contributed by atoms with E-state index < -0.39 is 23.4 Å². The molecule has 2 heterocycles. The zero-order valence-corrected chi connectivity index (χ0v) is 13.2. The molecule has 132 valence electrons. The van der Waals surface area contributed by atoms with Gasteiger partial charge in [0.15, 0.2) is 0 Å². The molecule has 1 fully saturated rings. The van der Waals surface area contributed by atoms with Crippen LogP contribution in [0.15, 0.2) is 36.8 Å². The number of carbonyl (C=O) groups excluding carboxylic acids is 1. The van der Waals surface area contributed by atoms with Crippen LogP contribution in [-0.4, -0.2) is 39.0 Å². The number of amides is 1. The highest BCUT2D eigenvalue weighted by Gasteiger charge is 2.32. The molecule has 0 aliphatic carbocycles. The fourth-order valence-corrected chi connectivity index (χ4v) is 2.98. The van der Waals surface area contributed by atoms with Gasteiger partial charge in [-0.25, -0.2) is 9.97 Å². The van der Waals surface area contributed by atoms with E-state index in [9.17, 15) is 23.1 Å². The average Bonchev–Trinajstić information content (AvgIpc) is 2.61. The lowest BCUT2D eigenvalue weighted by Gasteiger charge is -2.32. The molecule has 1 saturated heterocycles. The molecule has 25 heavy (non-hydrogen) atoms. The lowest BCUT2D eigenvalue weighted by Crippen LogP contribution is -2.38. The Labute approximate surface area is 142 Å². The number of benzene rings is 1. The first-order chi connectivity index (χ1) is 11.9. The maximum Gasteiger partial charge on any atom is 0.416 e. The van der Waals surface area contributed by atoms with Gasteiger partial charge < -0.3 is 10.0 Å².